The SMILES string of the molecule is COc1ccccc1CSc1nc2ccc(O)cc2c(=O)n1Cc1cccs1. The van der Waals surface area contributed by atoms with Crippen LogP contribution in [-0.4, -0.2) is 21.8 Å². The highest BCUT2D eigenvalue weighted by Gasteiger charge is 2.14. The summed E-state index contributed by atoms with van der Waals surface area (Å²) in [5, 5.41) is 12.8. The van der Waals surface area contributed by atoms with Crippen molar-refractivity contribution in [1.82, 2.24) is 9.55 Å². The van der Waals surface area contributed by atoms with Crippen molar-refractivity contribution in [2.75, 3.05) is 7.11 Å². The maximum absolute atomic E-state index is 13.1. The van der Waals surface area contributed by atoms with Crippen molar-refractivity contribution < 1.29 is 9.84 Å². The van der Waals surface area contributed by atoms with Gasteiger partial charge >= 0.3 is 0 Å². The Kier molecular flexibility index (Phi) is 5.36. The molecule has 0 atom stereocenters. The number of ether oxygens (including phenoxy) is 1. The van der Waals surface area contributed by atoms with Crippen LogP contribution in [0.15, 0.2) is 69.9 Å². The number of thiophene rings is 1. The minimum absolute atomic E-state index is 0.0588. The second-order valence-electron chi connectivity index (χ2n) is 6.17. The molecule has 0 spiro atoms. The van der Waals surface area contributed by atoms with E-state index in [4.69, 9.17) is 9.72 Å². The molecule has 0 saturated carbocycles. The number of benzene rings is 2. The van der Waals surface area contributed by atoms with E-state index >= 15 is 0 Å². The van der Waals surface area contributed by atoms with Crippen molar-refractivity contribution in [3.05, 3.63) is 80.8 Å². The van der Waals surface area contributed by atoms with E-state index < -0.39 is 0 Å². The molecular formula is C21H18N2O3S2. The van der Waals surface area contributed by atoms with Gasteiger partial charge in [0.25, 0.3) is 5.56 Å². The standard InChI is InChI=1S/C21H18N2O3S2/c1-26-19-7-3-2-5-14(19)13-28-21-22-18-9-8-15(24)11-17(18)20(25)23(21)12-16-6-4-10-27-16/h2-11,24H,12-13H2,1H3. The number of fused-ring (bicyclic) bond motifs is 1. The maximum Gasteiger partial charge on any atom is 0.262 e. The van der Waals surface area contributed by atoms with Gasteiger partial charge < -0.3 is 9.84 Å². The van der Waals surface area contributed by atoms with Crippen LogP contribution in [0.25, 0.3) is 10.9 Å². The van der Waals surface area contributed by atoms with Crippen molar-refractivity contribution in [3.8, 4) is 11.5 Å². The zero-order chi connectivity index (χ0) is 19.5. The van der Waals surface area contributed by atoms with Gasteiger partial charge in [-0.3, -0.25) is 9.36 Å². The molecule has 28 heavy (non-hydrogen) atoms. The fraction of sp³-hybridized carbons (Fsp3) is 0.143. The Morgan fingerprint density at radius 1 is 1.18 bits per heavy atom. The van der Waals surface area contributed by atoms with E-state index in [1.807, 2.05) is 41.8 Å². The number of para-hydroxylation sites is 1. The Morgan fingerprint density at radius 3 is 2.82 bits per heavy atom. The summed E-state index contributed by atoms with van der Waals surface area (Å²) in [5.74, 6) is 1.50. The summed E-state index contributed by atoms with van der Waals surface area (Å²) in [6.45, 7) is 0.448. The van der Waals surface area contributed by atoms with E-state index in [1.54, 1.807) is 35.1 Å². The lowest BCUT2D eigenvalue weighted by Crippen LogP contribution is -2.23. The topological polar surface area (TPSA) is 64.3 Å². The molecule has 2 heterocycles. The second kappa shape index (κ2) is 8.08. The molecule has 0 unspecified atom stereocenters. The molecule has 7 heteroatoms. The monoisotopic (exact) mass is 410 g/mol. The van der Waals surface area contributed by atoms with E-state index in [0.717, 1.165) is 16.2 Å². The quantitative estimate of drug-likeness (QED) is 0.374. The first-order valence-corrected chi connectivity index (χ1v) is 10.5. The highest BCUT2D eigenvalue weighted by atomic mass is 32.2. The molecule has 0 radical (unpaired) electrons. The normalized spacial score (nSPS) is 11.0. The molecule has 2 aromatic heterocycles. The van der Waals surface area contributed by atoms with E-state index in [2.05, 4.69) is 0 Å². The van der Waals surface area contributed by atoms with Gasteiger partial charge in [0.15, 0.2) is 5.16 Å². The van der Waals surface area contributed by atoms with Crippen LogP contribution in [0.3, 0.4) is 0 Å². The predicted molar refractivity (Wildman–Crippen MR) is 114 cm³/mol. The van der Waals surface area contributed by atoms with E-state index in [0.29, 0.717) is 28.4 Å². The fourth-order valence-corrected chi connectivity index (χ4v) is 4.64. The van der Waals surface area contributed by atoms with Gasteiger partial charge in [0.1, 0.15) is 11.5 Å². The Bertz CT molecular complexity index is 1170. The first kappa shape index (κ1) is 18.6. The average Bonchev–Trinajstić information content (AvgIpc) is 3.23. The third kappa shape index (κ3) is 3.76. The van der Waals surface area contributed by atoms with Crippen molar-refractivity contribution in [2.45, 2.75) is 17.5 Å². The van der Waals surface area contributed by atoms with Crippen molar-refractivity contribution >= 4 is 34.0 Å². The van der Waals surface area contributed by atoms with Gasteiger partial charge in [-0.05, 0) is 35.7 Å². The predicted octanol–water partition coefficient (Wildman–Crippen LogP) is 4.51. The number of nitrogens with zero attached hydrogens (tertiary/aromatic N) is 2. The van der Waals surface area contributed by atoms with Gasteiger partial charge in [0.05, 0.1) is 24.6 Å². The molecule has 2 aromatic carbocycles. The zero-order valence-electron chi connectivity index (χ0n) is 15.2. The van der Waals surface area contributed by atoms with Crippen LogP contribution in [0, 0.1) is 0 Å². The van der Waals surface area contributed by atoms with E-state index in [9.17, 15) is 9.90 Å². The zero-order valence-corrected chi connectivity index (χ0v) is 16.8. The third-order valence-electron chi connectivity index (χ3n) is 4.35. The molecular weight excluding hydrogens is 392 g/mol. The molecule has 0 aliphatic heterocycles. The summed E-state index contributed by atoms with van der Waals surface area (Å²) in [6.07, 6.45) is 0. The summed E-state index contributed by atoms with van der Waals surface area (Å²) in [7, 11) is 1.65. The third-order valence-corrected chi connectivity index (χ3v) is 6.23. The molecule has 1 N–H and O–H groups in total. The van der Waals surface area contributed by atoms with Crippen LogP contribution < -0.4 is 10.3 Å². The number of aromatic hydroxyl groups is 1. The molecule has 0 saturated heterocycles. The number of aromatic nitrogens is 2. The molecule has 142 valence electrons. The van der Waals surface area contributed by atoms with Crippen molar-refractivity contribution in [2.24, 2.45) is 0 Å². The Labute approximate surface area is 170 Å². The van der Waals surface area contributed by atoms with Gasteiger partial charge in [-0.2, -0.15) is 0 Å². The van der Waals surface area contributed by atoms with E-state index in [1.165, 1.54) is 17.8 Å². The Balaban J connectivity index is 1.77. The van der Waals surface area contributed by atoms with Crippen LogP contribution in [0.2, 0.25) is 0 Å². The lowest BCUT2D eigenvalue weighted by molar-refractivity contribution is 0.411. The number of hydrogen-bond acceptors (Lipinski definition) is 6. The minimum atomic E-state index is -0.156. The smallest absolute Gasteiger partial charge is 0.262 e. The summed E-state index contributed by atoms with van der Waals surface area (Å²) < 4.78 is 7.10. The van der Waals surface area contributed by atoms with Crippen LogP contribution in [0.5, 0.6) is 11.5 Å². The average molecular weight is 411 g/mol. The first-order valence-electron chi connectivity index (χ1n) is 8.66. The van der Waals surface area contributed by atoms with E-state index in [-0.39, 0.29) is 11.3 Å². The lowest BCUT2D eigenvalue weighted by atomic mass is 10.2. The molecule has 0 fully saturated rings. The van der Waals surface area contributed by atoms with Crippen LogP contribution in [0.4, 0.5) is 0 Å². The first-order chi connectivity index (χ1) is 13.7. The molecule has 4 rings (SSSR count). The number of thioether (sulfide) groups is 1. The summed E-state index contributed by atoms with van der Waals surface area (Å²) in [5.41, 5.74) is 1.46. The van der Waals surface area contributed by atoms with Gasteiger partial charge in [-0.1, -0.05) is 36.0 Å². The number of methoxy groups -OCH3 is 1. The largest absolute Gasteiger partial charge is 0.508 e. The molecule has 0 aliphatic carbocycles. The summed E-state index contributed by atoms with van der Waals surface area (Å²) in [4.78, 5) is 18.9. The molecule has 0 aliphatic rings. The highest BCUT2D eigenvalue weighted by molar-refractivity contribution is 7.98. The summed E-state index contributed by atoms with van der Waals surface area (Å²) in [6, 6.07) is 16.5. The second-order valence-corrected chi connectivity index (χ2v) is 8.14. The van der Waals surface area contributed by atoms with Crippen molar-refractivity contribution in [1.29, 1.82) is 0 Å². The number of rotatable bonds is 6. The van der Waals surface area contributed by atoms with Crippen LogP contribution in [0.1, 0.15) is 10.4 Å². The highest BCUT2D eigenvalue weighted by Crippen LogP contribution is 2.28. The van der Waals surface area contributed by atoms with Crippen LogP contribution in [-0.2, 0) is 12.3 Å². The van der Waals surface area contributed by atoms with Gasteiger partial charge in [-0.25, -0.2) is 4.98 Å². The number of phenols is 1. The Morgan fingerprint density at radius 2 is 2.04 bits per heavy atom. The van der Waals surface area contributed by atoms with Crippen molar-refractivity contribution in [3.63, 3.8) is 0 Å². The maximum atomic E-state index is 13.1. The molecule has 0 bridgehead atoms. The molecule has 4 aromatic rings. The van der Waals surface area contributed by atoms with Crippen LogP contribution >= 0.6 is 23.1 Å². The molecule has 0 amide bonds. The number of phenolic OH excluding ortho intramolecular Hbond substituents is 1. The number of hydrogen-bond donors (Lipinski definition) is 1. The molecule has 5 nitrogen and oxygen atoms in total. The van der Waals surface area contributed by atoms with Gasteiger partial charge in [-0.15, -0.1) is 11.3 Å². The summed E-state index contributed by atoms with van der Waals surface area (Å²) >= 11 is 3.10. The van der Waals surface area contributed by atoms with Gasteiger partial charge in [0, 0.05) is 16.2 Å². The van der Waals surface area contributed by atoms with Gasteiger partial charge in [0.2, 0.25) is 0 Å². The minimum Gasteiger partial charge on any atom is -0.508 e. The lowest BCUT2D eigenvalue weighted by Gasteiger charge is -2.13. The Hall–Kier alpha value is -2.77. The fourth-order valence-electron chi connectivity index (χ4n) is 2.96.